The molecule has 0 radical (unpaired) electrons. The molecule has 1 aromatic carbocycles. The van der Waals surface area contributed by atoms with Gasteiger partial charge in [0.05, 0.1) is 18.6 Å². The molecule has 6 heteroatoms. The highest BCUT2D eigenvalue weighted by Crippen LogP contribution is 2.28. The predicted molar refractivity (Wildman–Crippen MR) is 78.4 cm³/mol. The highest BCUT2D eigenvalue weighted by atomic mass is 35.5. The first-order chi connectivity index (χ1) is 9.82. The molecule has 1 heterocycles. The Labute approximate surface area is 128 Å². The number of ether oxygens (including phenoxy) is 1. The second-order valence-electron chi connectivity index (χ2n) is 5.58. The van der Waals surface area contributed by atoms with Gasteiger partial charge in [0.15, 0.2) is 6.10 Å². The summed E-state index contributed by atoms with van der Waals surface area (Å²) in [5, 5.41) is 9.58. The van der Waals surface area contributed by atoms with Crippen molar-refractivity contribution in [2.75, 3.05) is 19.7 Å². The monoisotopic (exact) mass is 311 g/mol. The summed E-state index contributed by atoms with van der Waals surface area (Å²) in [7, 11) is 0. The van der Waals surface area contributed by atoms with Crippen LogP contribution in [0.2, 0.25) is 5.02 Å². The quantitative estimate of drug-likeness (QED) is 0.926. The molecule has 1 saturated heterocycles. The van der Waals surface area contributed by atoms with Gasteiger partial charge in [-0.3, -0.25) is 4.79 Å². The Hall–Kier alpha value is -1.59. The van der Waals surface area contributed by atoms with Gasteiger partial charge in [0.2, 0.25) is 5.91 Å². The minimum absolute atomic E-state index is 0.0676. The number of carbonyl (C=O) groups excluding carboxylic acids is 1. The lowest BCUT2D eigenvalue weighted by Crippen LogP contribution is -2.53. The maximum atomic E-state index is 12.7. The number of aliphatic carboxylic acids is 1. The standard InChI is InChI=1S/C15H18ClNO4/c1-15(2,10-4-3-5-11(16)8-10)14(20)17-6-7-21-12(9-17)13(18)19/h3-5,8,12H,6-7,9H2,1-2H3,(H,18,19). The van der Waals surface area contributed by atoms with Gasteiger partial charge in [-0.15, -0.1) is 0 Å². The number of hydrogen-bond acceptors (Lipinski definition) is 3. The lowest BCUT2D eigenvalue weighted by Gasteiger charge is -2.36. The first-order valence-electron chi connectivity index (χ1n) is 6.72. The van der Waals surface area contributed by atoms with Gasteiger partial charge in [-0.1, -0.05) is 23.7 Å². The third-order valence-corrected chi connectivity index (χ3v) is 3.95. The molecule has 0 aliphatic carbocycles. The average molecular weight is 312 g/mol. The largest absolute Gasteiger partial charge is 0.479 e. The zero-order valence-corrected chi connectivity index (χ0v) is 12.8. The van der Waals surface area contributed by atoms with Gasteiger partial charge >= 0.3 is 5.97 Å². The second-order valence-corrected chi connectivity index (χ2v) is 6.02. The van der Waals surface area contributed by atoms with Crippen LogP contribution in [0, 0.1) is 0 Å². The number of benzene rings is 1. The van der Waals surface area contributed by atoms with Crippen LogP contribution in [0.5, 0.6) is 0 Å². The van der Waals surface area contributed by atoms with Crippen molar-refractivity contribution >= 4 is 23.5 Å². The second kappa shape index (κ2) is 6.03. The van der Waals surface area contributed by atoms with E-state index in [2.05, 4.69) is 0 Å². The molecule has 0 saturated carbocycles. The molecule has 0 aromatic heterocycles. The van der Waals surface area contributed by atoms with E-state index in [1.54, 1.807) is 23.1 Å². The van der Waals surface area contributed by atoms with Crippen LogP contribution >= 0.6 is 11.6 Å². The third-order valence-electron chi connectivity index (χ3n) is 3.71. The number of carboxylic acid groups (broad SMARTS) is 1. The van der Waals surface area contributed by atoms with E-state index < -0.39 is 17.5 Å². The summed E-state index contributed by atoms with van der Waals surface area (Å²) in [4.78, 5) is 25.3. The van der Waals surface area contributed by atoms with Crippen LogP contribution in [0.3, 0.4) is 0 Å². The average Bonchev–Trinajstić information content (AvgIpc) is 2.46. The zero-order chi connectivity index (χ0) is 15.6. The normalized spacial score (nSPS) is 19.4. The highest BCUT2D eigenvalue weighted by Gasteiger charge is 2.37. The van der Waals surface area contributed by atoms with E-state index in [9.17, 15) is 9.59 Å². The van der Waals surface area contributed by atoms with Crippen molar-refractivity contribution < 1.29 is 19.4 Å². The van der Waals surface area contributed by atoms with Crippen LogP contribution in [0.15, 0.2) is 24.3 Å². The Morgan fingerprint density at radius 2 is 2.14 bits per heavy atom. The van der Waals surface area contributed by atoms with E-state index in [4.69, 9.17) is 21.4 Å². The minimum Gasteiger partial charge on any atom is -0.479 e. The fourth-order valence-electron chi connectivity index (χ4n) is 2.38. The van der Waals surface area contributed by atoms with Crippen LogP contribution in [-0.2, 0) is 19.7 Å². The molecule has 5 nitrogen and oxygen atoms in total. The lowest BCUT2D eigenvalue weighted by molar-refractivity contribution is -0.160. The van der Waals surface area contributed by atoms with Crippen molar-refractivity contribution in [3.8, 4) is 0 Å². The van der Waals surface area contributed by atoms with Gasteiger partial charge in [0, 0.05) is 11.6 Å². The first kappa shape index (κ1) is 15.8. The fraction of sp³-hybridized carbons (Fsp3) is 0.467. The van der Waals surface area contributed by atoms with Crippen molar-refractivity contribution in [1.29, 1.82) is 0 Å². The van der Waals surface area contributed by atoms with Gasteiger partial charge in [0.1, 0.15) is 0 Å². The number of carboxylic acids is 1. The summed E-state index contributed by atoms with van der Waals surface area (Å²) in [6.45, 7) is 4.32. The predicted octanol–water partition coefficient (Wildman–Crippen LogP) is 1.93. The van der Waals surface area contributed by atoms with Crippen molar-refractivity contribution in [3.05, 3.63) is 34.9 Å². The topological polar surface area (TPSA) is 66.8 Å². The third kappa shape index (κ3) is 3.36. The molecule has 0 bridgehead atoms. The number of morpholine rings is 1. The summed E-state index contributed by atoms with van der Waals surface area (Å²) in [5.41, 5.74) is 0.0315. The lowest BCUT2D eigenvalue weighted by atomic mass is 9.83. The van der Waals surface area contributed by atoms with E-state index in [1.807, 2.05) is 19.9 Å². The van der Waals surface area contributed by atoms with Gasteiger partial charge < -0.3 is 14.7 Å². The molecular formula is C15H18ClNO4. The molecule has 1 fully saturated rings. The van der Waals surface area contributed by atoms with Crippen molar-refractivity contribution in [2.24, 2.45) is 0 Å². The van der Waals surface area contributed by atoms with Crippen LogP contribution < -0.4 is 0 Å². The van der Waals surface area contributed by atoms with Crippen LogP contribution in [0.25, 0.3) is 0 Å². The van der Waals surface area contributed by atoms with Gasteiger partial charge in [-0.05, 0) is 31.5 Å². The first-order valence-corrected chi connectivity index (χ1v) is 7.10. The Morgan fingerprint density at radius 1 is 1.43 bits per heavy atom. The zero-order valence-electron chi connectivity index (χ0n) is 12.0. The maximum Gasteiger partial charge on any atom is 0.334 e. The summed E-state index contributed by atoms with van der Waals surface area (Å²) in [6, 6.07) is 7.15. The molecule has 1 unspecified atom stereocenters. The van der Waals surface area contributed by atoms with E-state index in [-0.39, 0.29) is 19.1 Å². The number of hydrogen-bond donors (Lipinski definition) is 1. The number of amides is 1. The summed E-state index contributed by atoms with van der Waals surface area (Å²) in [6.07, 6.45) is -0.960. The smallest absolute Gasteiger partial charge is 0.334 e. The van der Waals surface area contributed by atoms with Gasteiger partial charge in [-0.2, -0.15) is 0 Å². The van der Waals surface area contributed by atoms with Crippen molar-refractivity contribution in [2.45, 2.75) is 25.4 Å². The molecule has 1 aliphatic heterocycles. The molecule has 1 aliphatic rings. The fourth-order valence-corrected chi connectivity index (χ4v) is 2.57. The summed E-state index contributed by atoms with van der Waals surface area (Å²) in [5.74, 6) is -1.17. The van der Waals surface area contributed by atoms with E-state index in [0.717, 1.165) is 5.56 Å². The van der Waals surface area contributed by atoms with Crippen LogP contribution in [0.1, 0.15) is 19.4 Å². The molecule has 0 spiro atoms. The molecule has 114 valence electrons. The molecule has 1 atom stereocenters. The molecule has 2 rings (SSSR count). The minimum atomic E-state index is -1.05. The number of rotatable bonds is 3. The highest BCUT2D eigenvalue weighted by molar-refractivity contribution is 6.30. The maximum absolute atomic E-state index is 12.7. The Balaban J connectivity index is 2.19. The van der Waals surface area contributed by atoms with E-state index >= 15 is 0 Å². The molecule has 1 aromatic rings. The molecule has 21 heavy (non-hydrogen) atoms. The van der Waals surface area contributed by atoms with Gasteiger partial charge in [0.25, 0.3) is 0 Å². The molecule has 1 amide bonds. The molecular weight excluding hydrogens is 294 g/mol. The number of halogens is 1. The SMILES string of the molecule is CC(C)(C(=O)N1CCOC(C(=O)O)C1)c1cccc(Cl)c1. The Kier molecular flexibility index (Phi) is 4.54. The summed E-state index contributed by atoms with van der Waals surface area (Å²) >= 11 is 5.98. The number of nitrogens with zero attached hydrogens (tertiary/aromatic N) is 1. The Bertz CT molecular complexity index is 558. The van der Waals surface area contributed by atoms with E-state index in [1.165, 1.54) is 0 Å². The van der Waals surface area contributed by atoms with Crippen LogP contribution in [-0.4, -0.2) is 47.7 Å². The Morgan fingerprint density at radius 3 is 2.76 bits per heavy atom. The van der Waals surface area contributed by atoms with Gasteiger partial charge in [-0.25, -0.2) is 4.79 Å². The van der Waals surface area contributed by atoms with Crippen molar-refractivity contribution in [3.63, 3.8) is 0 Å². The van der Waals surface area contributed by atoms with E-state index in [0.29, 0.717) is 11.6 Å². The number of carbonyl (C=O) groups is 2. The van der Waals surface area contributed by atoms with Crippen molar-refractivity contribution in [1.82, 2.24) is 4.90 Å². The molecule has 1 N–H and O–H groups in total. The van der Waals surface area contributed by atoms with Crippen LogP contribution in [0.4, 0.5) is 0 Å². The summed E-state index contributed by atoms with van der Waals surface area (Å²) < 4.78 is 5.14.